The Labute approximate surface area is 170 Å². The highest BCUT2D eigenvalue weighted by Gasteiger charge is 2.29. The molecule has 0 bridgehead atoms. The van der Waals surface area contributed by atoms with Gasteiger partial charge in [0.1, 0.15) is 0 Å². The van der Waals surface area contributed by atoms with Crippen molar-refractivity contribution in [3.63, 3.8) is 0 Å². The van der Waals surface area contributed by atoms with Gasteiger partial charge < -0.3 is 14.6 Å². The molecule has 0 atom stereocenters. The predicted molar refractivity (Wildman–Crippen MR) is 108 cm³/mol. The third-order valence-corrected chi connectivity index (χ3v) is 6.00. The molecular weight excluding hydrogens is 424 g/mol. The van der Waals surface area contributed by atoms with Gasteiger partial charge in [-0.25, -0.2) is 4.79 Å². The fraction of sp³-hybridized carbons (Fsp3) is 0.350. The van der Waals surface area contributed by atoms with E-state index in [-0.39, 0.29) is 17.8 Å². The lowest BCUT2D eigenvalue weighted by molar-refractivity contribution is 0.0600. The summed E-state index contributed by atoms with van der Waals surface area (Å²) in [7, 11) is 1.37. The number of carbonyl (C=O) groups excluding carboxylic acids is 2. The van der Waals surface area contributed by atoms with Crippen molar-refractivity contribution in [1.29, 1.82) is 0 Å². The Morgan fingerprint density at radius 1 is 1.32 bits per heavy atom. The van der Waals surface area contributed by atoms with Gasteiger partial charge >= 0.3 is 5.97 Å². The number of carbonyl (C=O) groups is 2. The van der Waals surface area contributed by atoms with E-state index in [1.54, 1.807) is 11.0 Å². The van der Waals surface area contributed by atoms with E-state index in [2.05, 4.69) is 31.1 Å². The van der Waals surface area contributed by atoms with E-state index in [1.807, 2.05) is 26.0 Å². The van der Waals surface area contributed by atoms with E-state index in [0.29, 0.717) is 24.3 Å². The smallest absolute Gasteiger partial charge is 0.337 e. The van der Waals surface area contributed by atoms with Crippen LogP contribution in [0.2, 0.25) is 0 Å². The van der Waals surface area contributed by atoms with Gasteiger partial charge in [-0.2, -0.15) is 5.10 Å². The zero-order chi connectivity index (χ0) is 20.0. The van der Waals surface area contributed by atoms with Gasteiger partial charge in [0.15, 0.2) is 5.69 Å². The van der Waals surface area contributed by atoms with Crippen LogP contribution < -0.4 is 0 Å². The van der Waals surface area contributed by atoms with Crippen LogP contribution in [-0.4, -0.2) is 45.6 Å². The average molecular weight is 445 g/mol. The number of H-pyrrole nitrogens is 2. The molecule has 1 amide bonds. The van der Waals surface area contributed by atoms with Crippen LogP contribution in [0.5, 0.6) is 0 Å². The number of methoxy groups -OCH3 is 1. The summed E-state index contributed by atoms with van der Waals surface area (Å²) >= 11 is 3.52. The normalized spacial score (nSPS) is 13.8. The fourth-order valence-electron chi connectivity index (χ4n) is 3.65. The van der Waals surface area contributed by atoms with Crippen molar-refractivity contribution < 1.29 is 14.3 Å². The van der Waals surface area contributed by atoms with Crippen LogP contribution in [0.4, 0.5) is 0 Å². The monoisotopic (exact) mass is 444 g/mol. The number of ether oxygens (including phenoxy) is 1. The molecule has 8 heteroatoms. The average Bonchev–Trinajstić information content (AvgIpc) is 3.26. The molecular formula is C20H21BrN4O3. The summed E-state index contributed by atoms with van der Waals surface area (Å²) in [6.07, 6.45) is 0.725. The largest absolute Gasteiger partial charge is 0.465 e. The molecule has 3 heterocycles. The van der Waals surface area contributed by atoms with E-state index in [4.69, 9.17) is 4.74 Å². The van der Waals surface area contributed by atoms with Crippen LogP contribution in [0.3, 0.4) is 0 Å². The van der Waals surface area contributed by atoms with Crippen molar-refractivity contribution in [2.45, 2.75) is 32.7 Å². The Kier molecular flexibility index (Phi) is 4.74. The molecule has 2 N–H and O–H groups in total. The molecule has 0 saturated heterocycles. The number of aromatic nitrogens is 3. The summed E-state index contributed by atoms with van der Waals surface area (Å²) in [5.41, 5.74) is 4.91. The van der Waals surface area contributed by atoms with Crippen LogP contribution in [0.15, 0.2) is 22.7 Å². The molecule has 0 saturated carbocycles. The van der Waals surface area contributed by atoms with Gasteiger partial charge in [0.25, 0.3) is 5.91 Å². The quantitative estimate of drug-likeness (QED) is 0.601. The molecule has 0 spiro atoms. The maximum atomic E-state index is 13.1. The number of fused-ring (bicyclic) bond motifs is 3. The number of rotatable bonds is 3. The number of benzene rings is 1. The number of esters is 1. The van der Waals surface area contributed by atoms with Gasteiger partial charge in [-0.3, -0.25) is 9.89 Å². The Hall–Kier alpha value is -2.61. The molecule has 1 aromatic carbocycles. The molecule has 3 aromatic rings. The van der Waals surface area contributed by atoms with Crippen LogP contribution in [0.1, 0.15) is 57.6 Å². The SMILES string of the molecule is COC(=O)c1ccc2[nH]c3c(c2c1)CN(C(=O)c1n[nH]c(C(C)C)c1Br)CC3. The maximum Gasteiger partial charge on any atom is 0.337 e. The maximum absolute atomic E-state index is 13.1. The Bertz CT molecular complexity index is 1080. The second-order valence-electron chi connectivity index (χ2n) is 7.27. The minimum absolute atomic E-state index is 0.112. The number of nitrogens with one attached hydrogen (secondary N) is 2. The van der Waals surface area contributed by atoms with Crippen molar-refractivity contribution in [1.82, 2.24) is 20.1 Å². The van der Waals surface area contributed by atoms with Gasteiger partial charge in [0.2, 0.25) is 0 Å². The standard InChI is InChI=1S/C20H21BrN4O3/c1-10(2)17-16(21)18(24-23-17)19(26)25-7-6-15-13(9-25)12-8-11(20(27)28-3)4-5-14(12)22-15/h4-5,8,10,22H,6-7,9H2,1-3H3,(H,23,24). The first kappa shape index (κ1) is 18.7. The van der Waals surface area contributed by atoms with Crippen LogP contribution in [0.25, 0.3) is 10.9 Å². The number of amides is 1. The van der Waals surface area contributed by atoms with E-state index >= 15 is 0 Å². The lowest BCUT2D eigenvalue weighted by atomic mass is 10.0. The highest BCUT2D eigenvalue weighted by molar-refractivity contribution is 9.10. The van der Waals surface area contributed by atoms with Crippen molar-refractivity contribution in [3.05, 3.63) is 50.9 Å². The molecule has 1 aliphatic rings. The molecule has 7 nitrogen and oxygen atoms in total. The Morgan fingerprint density at radius 2 is 2.11 bits per heavy atom. The second-order valence-corrected chi connectivity index (χ2v) is 8.06. The zero-order valence-electron chi connectivity index (χ0n) is 15.9. The summed E-state index contributed by atoms with van der Waals surface area (Å²) in [4.78, 5) is 30.2. The van der Waals surface area contributed by atoms with Crippen molar-refractivity contribution in [3.8, 4) is 0 Å². The first-order valence-corrected chi connectivity index (χ1v) is 9.94. The molecule has 0 fully saturated rings. The van der Waals surface area contributed by atoms with Gasteiger partial charge in [0, 0.05) is 41.7 Å². The highest BCUT2D eigenvalue weighted by atomic mass is 79.9. The molecule has 4 rings (SSSR count). The summed E-state index contributed by atoms with van der Waals surface area (Å²) in [5, 5.41) is 8.14. The Balaban J connectivity index is 1.67. The summed E-state index contributed by atoms with van der Waals surface area (Å²) in [6.45, 7) is 5.17. The first-order valence-electron chi connectivity index (χ1n) is 9.15. The molecule has 0 unspecified atom stereocenters. The molecule has 0 aliphatic carbocycles. The van der Waals surface area contributed by atoms with Crippen molar-refractivity contribution in [2.24, 2.45) is 0 Å². The minimum atomic E-state index is -0.373. The van der Waals surface area contributed by atoms with Gasteiger partial charge in [0.05, 0.1) is 22.8 Å². The van der Waals surface area contributed by atoms with Crippen molar-refractivity contribution in [2.75, 3.05) is 13.7 Å². The number of aromatic amines is 2. The summed E-state index contributed by atoms with van der Waals surface area (Å²) in [6, 6.07) is 5.45. The molecule has 0 radical (unpaired) electrons. The van der Waals surface area contributed by atoms with E-state index in [1.165, 1.54) is 7.11 Å². The molecule has 2 aromatic heterocycles. The van der Waals surface area contributed by atoms with Gasteiger partial charge in [-0.1, -0.05) is 13.8 Å². The number of hydrogen-bond acceptors (Lipinski definition) is 4. The van der Waals surface area contributed by atoms with E-state index in [0.717, 1.165) is 38.7 Å². The van der Waals surface area contributed by atoms with Crippen LogP contribution in [-0.2, 0) is 17.7 Å². The summed E-state index contributed by atoms with van der Waals surface area (Å²) in [5.74, 6) is -0.247. The third-order valence-electron chi connectivity index (χ3n) is 5.20. The Morgan fingerprint density at radius 3 is 2.79 bits per heavy atom. The number of nitrogens with zero attached hydrogens (tertiary/aromatic N) is 2. The first-order chi connectivity index (χ1) is 13.4. The van der Waals surface area contributed by atoms with Crippen LogP contribution in [0, 0.1) is 0 Å². The molecule has 146 valence electrons. The van der Waals surface area contributed by atoms with E-state index < -0.39 is 0 Å². The topological polar surface area (TPSA) is 91.1 Å². The van der Waals surface area contributed by atoms with Crippen LogP contribution >= 0.6 is 15.9 Å². The number of halogens is 1. The van der Waals surface area contributed by atoms with E-state index in [9.17, 15) is 9.59 Å². The number of hydrogen-bond donors (Lipinski definition) is 2. The molecule has 28 heavy (non-hydrogen) atoms. The summed E-state index contributed by atoms with van der Waals surface area (Å²) < 4.78 is 5.55. The molecule has 1 aliphatic heterocycles. The predicted octanol–water partition coefficient (Wildman–Crippen LogP) is 3.76. The zero-order valence-corrected chi connectivity index (χ0v) is 17.5. The minimum Gasteiger partial charge on any atom is -0.465 e. The van der Waals surface area contributed by atoms with Gasteiger partial charge in [-0.15, -0.1) is 0 Å². The lowest BCUT2D eigenvalue weighted by Crippen LogP contribution is -2.36. The third kappa shape index (κ3) is 3.01. The lowest BCUT2D eigenvalue weighted by Gasteiger charge is -2.26. The van der Waals surface area contributed by atoms with Crippen molar-refractivity contribution >= 4 is 38.7 Å². The fourth-order valence-corrected chi connectivity index (χ4v) is 4.45. The second kappa shape index (κ2) is 7.09. The highest BCUT2D eigenvalue weighted by Crippen LogP contribution is 2.31. The van der Waals surface area contributed by atoms with Gasteiger partial charge in [-0.05, 0) is 40.0 Å².